The van der Waals surface area contributed by atoms with Crippen molar-refractivity contribution in [1.29, 1.82) is 0 Å². The summed E-state index contributed by atoms with van der Waals surface area (Å²) in [6.07, 6.45) is -5.93. The van der Waals surface area contributed by atoms with Crippen LogP contribution in [0.25, 0.3) is 0 Å². The van der Waals surface area contributed by atoms with Crippen LogP contribution in [0.2, 0.25) is 0 Å². The first-order valence-electron chi connectivity index (χ1n) is 5.85. The van der Waals surface area contributed by atoms with Crippen LogP contribution in [0.5, 0.6) is 5.75 Å². The Labute approximate surface area is 127 Å². The molecule has 2 aromatic carbocycles. The zero-order valence-corrected chi connectivity index (χ0v) is 12.1. The van der Waals surface area contributed by atoms with Crippen LogP contribution in [0.4, 0.5) is 18.9 Å². The lowest BCUT2D eigenvalue weighted by Crippen LogP contribution is -2.17. The van der Waals surface area contributed by atoms with Crippen LogP contribution >= 0.6 is 15.9 Å². The van der Waals surface area contributed by atoms with Crippen molar-refractivity contribution < 1.29 is 23.0 Å². The van der Waals surface area contributed by atoms with Gasteiger partial charge >= 0.3 is 6.36 Å². The van der Waals surface area contributed by atoms with Crippen LogP contribution in [0.3, 0.4) is 0 Å². The monoisotopic (exact) mass is 361 g/mol. The Balaban J connectivity index is 2.33. The second kappa shape index (κ2) is 5.95. The van der Waals surface area contributed by atoms with Gasteiger partial charge in [0.1, 0.15) is 11.9 Å². The number of hydrogen-bond acceptors (Lipinski definition) is 3. The summed E-state index contributed by atoms with van der Waals surface area (Å²) in [4.78, 5) is 0. The van der Waals surface area contributed by atoms with E-state index in [2.05, 4.69) is 20.7 Å². The normalized spacial score (nSPS) is 13.0. The molecule has 0 radical (unpaired) electrons. The molecule has 21 heavy (non-hydrogen) atoms. The van der Waals surface area contributed by atoms with Crippen molar-refractivity contribution in [3.8, 4) is 5.75 Å². The third-order valence-electron chi connectivity index (χ3n) is 2.75. The summed E-state index contributed by atoms with van der Waals surface area (Å²) in [6.45, 7) is 0. The second-order valence-electron chi connectivity index (χ2n) is 4.30. The van der Waals surface area contributed by atoms with Gasteiger partial charge in [-0.15, -0.1) is 13.2 Å². The summed E-state index contributed by atoms with van der Waals surface area (Å²) in [6, 6.07) is 10.1. The molecule has 0 saturated heterocycles. The number of aliphatic hydroxyl groups excluding tert-OH is 1. The van der Waals surface area contributed by atoms with Crippen molar-refractivity contribution in [2.75, 3.05) is 5.73 Å². The molecule has 0 fully saturated rings. The van der Waals surface area contributed by atoms with Gasteiger partial charge in [0, 0.05) is 15.7 Å². The van der Waals surface area contributed by atoms with Crippen molar-refractivity contribution in [1.82, 2.24) is 0 Å². The number of ether oxygens (including phenoxy) is 1. The van der Waals surface area contributed by atoms with Crippen LogP contribution in [0, 0.1) is 0 Å². The van der Waals surface area contributed by atoms with E-state index >= 15 is 0 Å². The molecule has 1 unspecified atom stereocenters. The highest BCUT2D eigenvalue weighted by atomic mass is 79.9. The second-order valence-corrected chi connectivity index (χ2v) is 5.21. The minimum atomic E-state index is -4.78. The van der Waals surface area contributed by atoms with E-state index in [0.717, 1.165) is 12.1 Å². The molecule has 0 aliphatic carbocycles. The number of halogens is 4. The largest absolute Gasteiger partial charge is 0.573 e. The number of benzene rings is 2. The molecule has 3 N–H and O–H groups in total. The fraction of sp³-hybridized carbons (Fsp3) is 0.143. The van der Waals surface area contributed by atoms with Crippen molar-refractivity contribution >= 4 is 21.6 Å². The lowest BCUT2D eigenvalue weighted by atomic mass is 10.00. The number of nitrogen functional groups attached to an aromatic ring is 1. The summed E-state index contributed by atoms with van der Waals surface area (Å²) < 4.78 is 41.1. The van der Waals surface area contributed by atoms with E-state index in [1.54, 1.807) is 18.2 Å². The molecule has 0 saturated carbocycles. The van der Waals surface area contributed by atoms with Gasteiger partial charge in [-0.05, 0) is 35.9 Å². The van der Waals surface area contributed by atoms with Crippen LogP contribution in [0.15, 0.2) is 46.9 Å². The van der Waals surface area contributed by atoms with Crippen molar-refractivity contribution in [3.63, 3.8) is 0 Å². The molecule has 112 valence electrons. The summed E-state index contributed by atoms with van der Waals surface area (Å²) >= 11 is 3.25. The highest BCUT2D eigenvalue weighted by Gasteiger charge is 2.31. The first-order chi connectivity index (χ1) is 9.76. The molecule has 0 bridgehead atoms. The van der Waals surface area contributed by atoms with Gasteiger partial charge < -0.3 is 15.6 Å². The lowest BCUT2D eigenvalue weighted by molar-refractivity contribution is -0.274. The maximum absolute atomic E-state index is 12.2. The van der Waals surface area contributed by atoms with E-state index in [4.69, 9.17) is 5.73 Å². The molecular weight excluding hydrogens is 351 g/mol. The molecule has 2 rings (SSSR count). The standard InChI is InChI=1S/C14H11BrF3NO2/c15-9-4-5-12(19)11(7-9)13(20)8-2-1-3-10(6-8)21-14(16,17)18/h1-7,13,20H,19H2. The fourth-order valence-corrected chi connectivity index (χ4v) is 2.22. The Morgan fingerprint density at radius 3 is 2.52 bits per heavy atom. The fourth-order valence-electron chi connectivity index (χ4n) is 1.84. The summed E-state index contributed by atoms with van der Waals surface area (Å²) in [5.41, 5.74) is 6.76. The highest BCUT2D eigenvalue weighted by Crippen LogP contribution is 2.32. The zero-order chi connectivity index (χ0) is 15.6. The quantitative estimate of drug-likeness (QED) is 0.812. The third-order valence-corrected chi connectivity index (χ3v) is 3.24. The zero-order valence-electron chi connectivity index (χ0n) is 10.6. The third kappa shape index (κ3) is 4.12. The maximum atomic E-state index is 12.2. The Bertz CT molecular complexity index is 646. The average Bonchev–Trinajstić information content (AvgIpc) is 2.39. The van der Waals surface area contributed by atoms with Crippen molar-refractivity contribution in [2.24, 2.45) is 0 Å². The molecule has 3 nitrogen and oxygen atoms in total. The molecule has 2 aromatic rings. The van der Waals surface area contributed by atoms with E-state index in [1.807, 2.05) is 0 Å². The van der Waals surface area contributed by atoms with Gasteiger partial charge in [-0.25, -0.2) is 0 Å². The molecule has 0 aromatic heterocycles. The van der Waals surface area contributed by atoms with Gasteiger partial charge in [0.15, 0.2) is 0 Å². The van der Waals surface area contributed by atoms with Gasteiger partial charge in [0.2, 0.25) is 0 Å². The maximum Gasteiger partial charge on any atom is 0.573 e. The average molecular weight is 362 g/mol. The van der Waals surface area contributed by atoms with E-state index in [0.29, 0.717) is 15.7 Å². The lowest BCUT2D eigenvalue weighted by Gasteiger charge is -2.16. The molecule has 0 aliphatic rings. The van der Waals surface area contributed by atoms with Crippen molar-refractivity contribution in [2.45, 2.75) is 12.5 Å². The van der Waals surface area contributed by atoms with Crippen LogP contribution < -0.4 is 10.5 Å². The van der Waals surface area contributed by atoms with Crippen LogP contribution in [0.1, 0.15) is 17.2 Å². The Morgan fingerprint density at radius 1 is 1.14 bits per heavy atom. The van der Waals surface area contributed by atoms with Gasteiger partial charge in [0.25, 0.3) is 0 Å². The predicted octanol–water partition coefficient (Wildman–Crippen LogP) is 4.01. The molecular formula is C14H11BrF3NO2. The first-order valence-corrected chi connectivity index (χ1v) is 6.64. The highest BCUT2D eigenvalue weighted by molar-refractivity contribution is 9.10. The van der Waals surface area contributed by atoms with Gasteiger partial charge in [-0.1, -0.05) is 28.1 Å². The van der Waals surface area contributed by atoms with E-state index in [-0.39, 0.29) is 5.56 Å². The van der Waals surface area contributed by atoms with Gasteiger partial charge in [-0.3, -0.25) is 0 Å². The van der Waals surface area contributed by atoms with Gasteiger partial charge in [0.05, 0.1) is 0 Å². The first kappa shape index (κ1) is 15.7. The molecule has 0 amide bonds. The molecule has 0 aliphatic heterocycles. The van der Waals surface area contributed by atoms with Crippen LogP contribution in [-0.4, -0.2) is 11.5 Å². The number of hydrogen-bond donors (Lipinski definition) is 2. The number of alkyl halides is 3. The van der Waals surface area contributed by atoms with E-state index in [1.165, 1.54) is 12.1 Å². The molecule has 0 heterocycles. The molecule has 0 spiro atoms. The molecule has 1 atom stereocenters. The Kier molecular flexibility index (Phi) is 4.43. The summed E-state index contributed by atoms with van der Waals surface area (Å²) in [5.74, 6) is -0.396. The minimum absolute atomic E-state index is 0.251. The smallest absolute Gasteiger partial charge is 0.406 e. The topological polar surface area (TPSA) is 55.5 Å². The van der Waals surface area contributed by atoms with E-state index in [9.17, 15) is 18.3 Å². The number of rotatable bonds is 3. The summed E-state index contributed by atoms with van der Waals surface area (Å²) in [7, 11) is 0. The number of anilines is 1. The Morgan fingerprint density at radius 2 is 1.86 bits per heavy atom. The van der Waals surface area contributed by atoms with Gasteiger partial charge in [-0.2, -0.15) is 0 Å². The number of nitrogens with two attached hydrogens (primary N) is 1. The number of aliphatic hydroxyl groups is 1. The molecule has 7 heteroatoms. The predicted molar refractivity (Wildman–Crippen MR) is 75.7 cm³/mol. The van der Waals surface area contributed by atoms with Crippen molar-refractivity contribution in [3.05, 3.63) is 58.1 Å². The van der Waals surface area contributed by atoms with Crippen LogP contribution in [-0.2, 0) is 0 Å². The Hall–Kier alpha value is -1.73. The minimum Gasteiger partial charge on any atom is -0.406 e. The SMILES string of the molecule is Nc1ccc(Br)cc1C(O)c1cccc(OC(F)(F)F)c1. The van der Waals surface area contributed by atoms with E-state index < -0.39 is 18.2 Å². The summed E-state index contributed by atoms with van der Waals surface area (Å²) in [5, 5.41) is 10.3.